The molecule has 1 aromatic carbocycles. The maximum absolute atomic E-state index is 9.61. The number of aliphatic hydroxyl groups is 2. The monoisotopic (exact) mass is 253 g/mol. The van der Waals surface area contributed by atoms with E-state index in [1.165, 1.54) is 0 Å². The number of nitrogens with two attached hydrogens (primary N) is 2. The summed E-state index contributed by atoms with van der Waals surface area (Å²) in [6.45, 7) is 1.95. The molecule has 0 aliphatic carbocycles. The normalized spacial score (nSPS) is 14.7. The molecule has 0 aromatic heterocycles. The number of hydrogen-bond acceptors (Lipinski definition) is 5. The fraction of sp³-hybridized carbons (Fsp3) is 0.538. The second-order valence-electron chi connectivity index (χ2n) is 4.46. The van der Waals surface area contributed by atoms with Crippen LogP contribution >= 0.6 is 0 Å². The number of hydrogen-bond donors (Lipinski definition) is 4. The fourth-order valence-corrected chi connectivity index (χ4v) is 1.79. The molecular weight excluding hydrogens is 230 g/mol. The van der Waals surface area contributed by atoms with Crippen LogP contribution < -0.4 is 11.5 Å². The zero-order chi connectivity index (χ0) is 13.4. The van der Waals surface area contributed by atoms with Gasteiger partial charge in [0, 0.05) is 32.7 Å². The molecule has 2 unspecified atom stereocenters. The Morgan fingerprint density at radius 3 is 1.89 bits per heavy atom. The first kappa shape index (κ1) is 15.1. The summed E-state index contributed by atoms with van der Waals surface area (Å²) < 4.78 is 0. The highest BCUT2D eigenvalue weighted by Gasteiger charge is 2.14. The van der Waals surface area contributed by atoms with Crippen LogP contribution in [0.25, 0.3) is 0 Å². The Balaban J connectivity index is 2.59. The van der Waals surface area contributed by atoms with Gasteiger partial charge in [-0.25, -0.2) is 0 Å². The van der Waals surface area contributed by atoms with Gasteiger partial charge in [-0.3, -0.25) is 4.90 Å². The fourth-order valence-electron chi connectivity index (χ4n) is 1.79. The summed E-state index contributed by atoms with van der Waals surface area (Å²) in [6.07, 6.45) is -1.17. The summed E-state index contributed by atoms with van der Waals surface area (Å²) in [4.78, 5) is 1.96. The molecule has 0 fully saturated rings. The Labute approximate surface area is 108 Å². The van der Waals surface area contributed by atoms with Crippen LogP contribution in [0.5, 0.6) is 0 Å². The number of nitrogens with zero attached hydrogens (tertiary/aromatic N) is 1. The summed E-state index contributed by atoms with van der Waals surface area (Å²) in [5.74, 6) is 0. The maximum Gasteiger partial charge on any atom is 0.0789 e. The standard InChI is InChI=1S/C13H23N3O2/c14-6-12(17)9-16(10-13(18)7-15)8-11-4-2-1-3-5-11/h1-5,12-13,17-18H,6-10,14-15H2. The van der Waals surface area contributed by atoms with Gasteiger partial charge < -0.3 is 21.7 Å². The number of rotatable bonds is 8. The van der Waals surface area contributed by atoms with E-state index in [2.05, 4.69) is 0 Å². The smallest absolute Gasteiger partial charge is 0.0789 e. The van der Waals surface area contributed by atoms with Gasteiger partial charge in [-0.2, -0.15) is 0 Å². The molecule has 18 heavy (non-hydrogen) atoms. The average Bonchev–Trinajstić information content (AvgIpc) is 2.39. The lowest BCUT2D eigenvalue weighted by Gasteiger charge is -2.26. The average molecular weight is 253 g/mol. The minimum atomic E-state index is -0.585. The zero-order valence-corrected chi connectivity index (χ0v) is 10.6. The van der Waals surface area contributed by atoms with Gasteiger partial charge in [0.1, 0.15) is 0 Å². The molecule has 1 aromatic rings. The topological polar surface area (TPSA) is 95.7 Å². The van der Waals surface area contributed by atoms with Crippen molar-refractivity contribution in [2.45, 2.75) is 18.8 Å². The molecule has 0 saturated carbocycles. The highest BCUT2D eigenvalue weighted by atomic mass is 16.3. The molecule has 2 atom stereocenters. The van der Waals surface area contributed by atoms with Crippen molar-refractivity contribution in [3.05, 3.63) is 35.9 Å². The van der Waals surface area contributed by atoms with E-state index in [9.17, 15) is 10.2 Å². The van der Waals surface area contributed by atoms with Crippen LogP contribution in [-0.4, -0.2) is 53.5 Å². The molecule has 0 radical (unpaired) electrons. The maximum atomic E-state index is 9.61. The van der Waals surface area contributed by atoms with Crippen molar-refractivity contribution in [2.75, 3.05) is 26.2 Å². The second-order valence-corrected chi connectivity index (χ2v) is 4.46. The SMILES string of the molecule is NCC(O)CN(Cc1ccccc1)CC(O)CN. The van der Waals surface area contributed by atoms with E-state index in [4.69, 9.17) is 11.5 Å². The Hall–Kier alpha value is -0.980. The van der Waals surface area contributed by atoms with Gasteiger partial charge in [0.05, 0.1) is 12.2 Å². The van der Waals surface area contributed by atoms with Gasteiger partial charge in [-0.1, -0.05) is 30.3 Å². The molecule has 0 spiro atoms. The summed E-state index contributed by atoms with van der Waals surface area (Å²) in [5, 5.41) is 19.2. The van der Waals surface area contributed by atoms with Crippen LogP contribution in [-0.2, 0) is 6.54 Å². The second kappa shape index (κ2) is 8.18. The lowest BCUT2D eigenvalue weighted by atomic mass is 10.2. The molecule has 6 N–H and O–H groups in total. The van der Waals surface area contributed by atoms with Gasteiger partial charge in [-0.05, 0) is 5.56 Å². The molecule has 0 saturated heterocycles. The van der Waals surface area contributed by atoms with E-state index in [1.807, 2.05) is 35.2 Å². The summed E-state index contributed by atoms with van der Waals surface area (Å²) in [5.41, 5.74) is 12.0. The molecule has 0 bridgehead atoms. The van der Waals surface area contributed by atoms with E-state index >= 15 is 0 Å². The molecular formula is C13H23N3O2. The molecule has 0 aliphatic heterocycles. The van der Waals surface area contributed by atoms with Crippen molar-refractivity contribution in [1.82, 2.24) is 4.90 Å². The minimum Gasteiger partial charge on any atom is -0.390 e. The minimum absolute atomic E-state index is 0.212. The highest BCUT2D eigenvalue weighted by Crippen LogP contribution is 2.06. The molecule has 0 aliphatic rings. The van der Waals surface area contributed by atoms with Crippen molar-refractivity contribution < 1.29 is 10.2 Å². The Morgan fingerprint density at radius 1 is 0.944 bits per heavy atom. The largest absolute Gasteiger partial charge is 0.390 e. The first-order valence-electron chi connectivity index (χ1n) is 6.18. The van der Waals surface area contributed by atoms with E-state index in [0.29, 0.717) is 19.6 Å². The highest BCUT2D eigenvalue weighted by molar-refractivity contribution is 5.14. The van der Waals surface area contributed by atoms with Crippen molar-refractivity contribution in [3.8, 4) is 0 Å². The van der Waals surface area contributed by atoms with Crippen LogP contribution in [0.15, 0.2) is 30.3 Å². The van der Waals surface area contributed by atoms with Gasteiger partial charge in [0.2, 0.25) is 0 Å². The van der Waals surface area contributed by atoms with E-state index in [-0.39, 0.29) is 13.1 Å². The van der Waals surface area contributed by atoms with Crippen LogP contribution in [0.3, 0.4) is 0 Å². The van der Waals surface area contributed by atoms with Crippen LogP contribution in [0.2, 0.25) is 0 Å². The quantitative estimate of drug-likeness (QED) is 0.483. The van der Waals surface area contributed by atoms with Crippen LogP contribution in [0.4, 0.5) is 0 Å². The van der Waals surface area contributed by atoms with Crippen molar-refractivity contribution in [2.24, 2.45) is 11.5 Å². The Morgan fingerprint density at radius 2 is 1.44 bits per heavy atom. The number of aliphatic hydroxyl groups excluding tert-OH is 2. The lowest BCUT2D eigenvalue weighted by molar-refractivity contribution is 0.0716. The predicted octanol–water partition coefficient (Wildman–Crippen LogP) is -0.872. The van der Waals surface area contributed by atoms with Crippen molar-refractivity contribution in [1.29, 1.82) is 0 Å². The summed E-state index contributed by atoms with van der Waals surface area (Å²) >= 11 is 0. The first-order chi connectivity index (χ1) is 8.65. The van der Waals surface area contributed by atoms with E-state index < -0.39 is 12.2 Å². The number of benzene rings is 1. The summed E-state index contributed by atoms with van der Waals surface area (Å²) in [6, 6.07) is 9.91. The lowest BCUT2D eigenvalue weighted by Crippen LogP contribution is -2.42. The van der Waals surface area contributed by atoms with Crippen molar-refractivity contribution in [3.63, 3.8) is 0 Å². The predicted molar refractivity (Wildman–Crippen MR) is 71.8 cm³/mol. The first-order valence-corrected chi connectivity index (χ1v) is 6.18. The van der Waals surface area contributed by atoms with Crippen LogP contribution in [0.1, 0.15) is 5.56 Å². The molecule has 102 valence electrons. The molecule has 1 rings (SSSR count). The zero-order valence-electron chi connectivity index (χ0n) is 10.6. The molecule has 5 nitrogen and oxygen atoms in total. The molecule has 5 heteroatoms. The third-order valence-corrected chi connectivity index (χ3v) is 2.73. The van der Waals surface area contributed by atoms with Crippen LogP contribution in [0, 0.1) is 0 Å². The van der Waals surface area contributed by atoms with Gasteiger partial charge in [0.15, 0.2) is 0 Å². The van der Waals surface area contributed by atoms with Gasteiger partial charge in [0.25, 0.3) is 0 Å². The van der Waals surface area contributed by atoms with E-state index in [1.54, 1.807) is 0 Å². The van der Waals surface area contributed by atoms with Crippen molar-refractivity contribution >= 4 is 0 Å². The van der Waals surface area contributed by atoms with Gasteiger partial charge in [-0.15, -0.1) is 0 Å². The molecule has 0 heterocycles. The Bertz CT molecular complexity index is 309. The van der Waals surface area contributed by atoms with Gasteiger partial charge >= 0.3 is 0 Å². The third-order valence-electron chi connectivity index (χ3n) is 2.73. The third kappa shape index (κ3) is 5.57. The Kier molecular flexibility index (Phi) is 6.85. The van der Waals surface area contributed by atoms with E-state index in [0.717, 1.165) is 5.56 Å². The molecule has 0 amide bonds. The summed E-state index contributed by atoms with van der Waals surface area (Å²) in [7, 11) is 0.